The van der Waals surface area contributed by atoms with Crippen LogP contribution >= 0.6 is 0 Å². The highest BCUT2D eigenvalue weighted by molar-refractivity contribution is 6.02. The Labute approximate surface area is 160 Å². The standard InChI is InChI=1S/C18H19N3O7/c1-9-14(17(24)19-8-13(22)23)16(15(10(2)20-9)18(25)28-3)11-5-4-6-12(7-11)21(26)27/h4-7,16,20H,8H2,1-3H3,(H,19,24)(H,22,23)/t16-/m0/s1. The Balaban J connectivity index is 2.64. The van der Waals surface area contributed by atoms with Crippen molar-refractivity contribution < 1.29 is 29.2 Å². The van der Waals surface area contributed by atoms with Crippen LogP contribution in [0.3, 0.4) is 0 Å². The fourth-order valence-electron chi connectivity index (χ4n) is 3.08. The van der Waals surface area contributed by atoms with E-state index in [-0.39, 0.29) is 16.8 Å². The summed E-state index contributed by atoms with van der Waals surface area (Å²) in [6.45, 7) is 2.59. The molecule has 0 saturated heterocycles. The van der Waals surface area contributed by atoms with Crippen molar-refractivity contribution in [2.75, 3.05) is 13.7 Å². The van der Waals surface area contributed by atoms with Gasteiger partial charge in [-0.25, -0.2) is 4.79 Å². The van der Waals surface area contributed by atoms with Crippen molar-refractivity contribution in [2.24, 2.45) is 0 Å². The molecule has 1 aromatic rings. The first-order valence-corrected chi connectivity index (χ1v) is 8.18. The number of nitrogens with zero attached hydrogens (tertiary/aromatic N) is 1. The predicted octanol–water partition coefficient (Wildman–Crippen LogP) is 1.20. The molecule has 0 aromatic heterocycles. The van der Waals surface area contributed by atoms with E-state index in [1.165, 1.54) is 25.3 Å². The number of rotatable bonds is 6. The number of aliphatic carboxylic acids is 1. The number of carbonyl (C=O) groups is 3. The third-order valence-electron chi connectivity index (χ3n) is 4.22. The maximum Gasteiger partial charge on any atom is 0.336 e. The summed E-state index contributed by atoms with van der Waals surface area (Å²) in [7, 11) is 1.18. The molecule has 0 bridgehead atoms. The van der Waals surface area contributed by atoms with Gasteiger partial charge in [-0.15, -0.1) is 0 Å². The first-order chi connectivity index (χ1) is 13.2. The van der Waals surface area contributed by atoms with Gasteiger partial charge >= 0.3 is 11.9 Å². The number of nitro benzene ring substituents is 1. The van der Waals surface area contributed by atoms with E-state index >= 15 is 0 Å². The summed E-state index contributed by atoms with van der Waals surface area (Å²) in [6.07, 6.45) is 0. The number of carboxylic acid groups (broad SMARTS) is 1. The largest absolute Gasteiger partial charge is 0.480 e. The highest BCUT2D eigenvalue weighted by Crippen LogP contribution is 2.39. The molecule has 1 aliphatic heterocycles. The Kier molecular flexibility index (Phi) is 6.14. The molecule has 10 heteroatoms. The summed E-state index contributed by atoms with van der Waals surface area (Å²) >= 11 is 0. The quantitative estimate of drug-likeness (QED) is 0.373. The zero-order chi connectivity index (χ0) is 21.0. The predicted molar refractivity (Wildman–Crippen MR) is 97.0 cm³/mol. The first-order valence-electron chi connectivity index (χ1n) is 8.18. The zero-order valence-corrected chi connectivity index (χ0v) is 15.4. The topological polar surface area (TPSA) is 148 Å². The van der Waals surface area contributed by atoms with Crippen molar-refractivity contribution >= 4 is 23.5 Å². The van der Waals surface area contributed by atoms with Crippen LogP contribution in [0.5, 0.6) is 0 Å². The van der Waals surface area contributed by atoms with Crippen LogP contribution in [0.2, 0.25) is 0 Å². The molecule has 1 amide bonds. The zero-order valence-electron chi connectivity index (χ0n) is 15.4. The molecule has 3 N–H and O–H groups in total. The molecule has 0 saturated carbocycles. The van der Waals surface area contributed by atoms with Gasteiger partial charge in [-0.2, -0.15) is 0 Å². The number of hydrogen-bond donors (Lipinski definition) is 3. The molecular weight excluding hydrogens is 370 g/mol. The van der Waals surface area contributed by atoms with E-state index in [1.807, 2.05) is 0 Å². The summed E-state index contributed by atoms with van der Waals surface area (Å²) < 4.78 is 4.83. The minimum atomic E-state index is -1.23. The van der Waals surface area contributed by atoms with Gasteiger partial charge < -0.3 is 20.5 Å². The molecule has 1 atom stereocenters. The lowest BCUT2D eigenvalue weighted by atomic mass is 9.80. The smallest absolute Gasteiger partial charge is 0.336 e. The molecule has 10 nitrogen and oxygen atoms in total. The number of non-ortho nitro benzene ring substituents is 1. The van der Waals surface area contributed by atoms with Crippen molar-refractivity contribution in [2.45, 2.75) is 19.8 Å². The molecule has 1 aliphatic rings. The molecule has 148 valence electrons. The lowest BCUT2D eigenvalue weighted by Gasteiger charge is -2.30. The molecule has 1 aromatic carbocycles. The SMILES string of the molecule is COC(=O)C1=C(C)NC(C)=C(C(=O)NCC(=O)O)[C@@H]1c1cccc([N+](=O)[O-])c1. The minimum absolute atomic E-state index is 0.0766. The van der Waals surface area contributed by atoms with Crippen LogP contribution < -0.4 is 10.6 Å². The Morgan fingerprint density at radius 3 is 2.46 bits per heavy atom. The number of esters is 1. The molecule has 2 rings (SSSR count). The van der Waals surface area contributed by atoms with Crippen LogP contribution in [-0.2, 0) is 19.1 Å². The van der Waals surface area contributed by atoms with E-state index in [2.05, 4.69) is 10.6 Å². The number of carboxylic acids is 1. The number of allylic oxidation sites excluding steroid dienone is 2. The Bertz CT molecular complexity index is 918. The van der Waals surface area contributed by atoms with Gasteiger partial charge in [-0.05, 0) is 19.4 Å². The highest BCUT2D eigenvalue weighted by atomic mass is 16.6. The number of amides is 1. The number of nitro groups is 1. The molecule has 1 heterocycles. The maximum atomic E-state index is 12.7. The number of ether oxygens (including phenoxy) is 1. The fraction of sp³-hybridized carbons (Fsp3) is 0.278. The number of methoxy groups -OCH3 is 1. The lowest BCUT2D eigenvalue weighted by molar-refractivity contribution is -0.384. The fourth-order valence-corrected chi connectivity index (χ4v) is 3.08. The van der Waals surface area contributed by atoms with Gasteiger partial charge in [-0.1, -0.05) is 12.1 Å². The van der Waals surface area contributed by atoms with Gasteiger partial charge in [0.05, 0.1) is 23.5 Å². The summed E-state index contributed by atoms with van der Waals surface area (Å²) in [6, 6.07) is 5.56. The van der Waals surface area contributed by atoms with E-state index in [0.717, 1.165) is 0 Å². The van der Waals surface area contributed by atoms with Crippen molar-refractivity contribution in [3.05, 3.63) is 62.5 Å². The van der Waals surface area contributed by atoms with Crippen LogP contribution in [0.4, 0.5) is 5.69 Å². The van der Waals surface area contributed by atoms with Crippen molar-refractivity contribution in [3.8, 4) is 0 Å². The monoisotopic (exact) mass is 389 g/mol. The van der Waals surface area contributed by atoms with Crippen LogP contribution in [0.25, 0.3) is 0 Å². The molecular formula is C18H19N3O7. The summed E-state index contributed by atoms with van der Waals surface area (Å²) in [4.78, 5) is 46.5. The van der Waals surface area contributed by atoms with Gasteiger partial charge in [0, 0.05) is 29.1 Å². The second-order valence-electron chi connectivity index (χ2n) is 6.06. The van der Waals surface area contributed by atoms with Gasteiger partial charge in [0.15, 0.2) is 0 Å². The van der Waals surface area contributed by atoms with Crippen molar-refractivity contribution in [1.29, 1.82) is 0 Å². The van der Waals surface area contributed by atoms with E-state index in [0.29, 0.717) is 17.0 Å². The molecule has 0 radical (unpaired) electrons. The van der Waals surface area contributed by atoms with Crippen LogP contribution in [0, 0.1) is 10.1 Å². The number of carbonyl (C=O) groups excluding carboxylic acids is 2. The van der Waals surface area contributed by atoms with E-state index in [4.69, 9.17) is 9.84 Å². The average Bonchev–Trinajstić information content (AvgIpc) is 2.65. The molecule has 0 aliphatic carbocycles. The van der Waals surface area contributed by atoms with E-state index < -0.39 is 35.2 Å². The van der Waals surface area contributed by atoms with Crippen molar-refractivity contribution in [3.63, 3.8) is 0 Å². The Morgan fingerprint density at radius 2 is 1.89 bits per heavy atom. The Morgan fingerprint density at radius 1 is 1.25 bits per heavy atom. The maximum absolute atomic E-state index is 12.7. The normalized spacial score (nSPS) is 16.3. The lowest BCUT2D eigenvalue weighted by Crippen LogP contribution is -2.38. The third-order valence-corrected chi connectivity index (χ3v) is 4.22. The number of hydrogen-bond acceptors (Lipinski definition) is 7. The van der Waals surface area contributed by atoms with Crippen LogP contribution in [0.1, 0.15) is 25.3 Å². The number of dihydropyridines is 1. The van der Waals surface area contributed by atoms with Crippen LogP contribution in [-0.4, -0.2) is 41.5 Å². The average molecular weight is 389 g/mol. The summed E-state index contributed by atoms with van der Waals surface area (Å²) in [5.74, 6) is -3.63. The molecule has 0 unspecified atom stereocenters. The van der Waals surface area contributed by atoms with E-state index in [9.17, 15) is 24.5 Å². The first kappa shape index (κ1) is 20.6. The number of nitrogens with one attached hydrogen (secondary N) is 2. The molecule has 0 spiro atoms. The van der Waals surface area contributed by atoms with Crippen LogP contribution in [0.15, 0.2) is 46.8 Å². The molecule has 28 heavy (non-hydrogen) atoms. The van der Waals surface area contributed by atoms with Gasteiger partial charge in [-0.3, -0.25) is 19.7 Å². The second-order valence-corrected chi connectivity index (χ2v) is 6.06. The van der Waals surface area contributed by atoms with Gasteiger partial charge in [0.1, 0.15) is 6.54 Å². The number of benzene rings is 1. The third kappa shape index (κ3) is 4.17. The van der Waals surface area contributed by atoms with Crippen molar-refractivity contribution in [1.82, 2.24) is 10.6 Å². The molecule has 0 fully saturated rings. The minimum Gasteiger partial charge on any atom is -0.480 e. The Hall–Kier alpha value is -3.69. The second kappa shape index (κ2) is 8.33. The van der Waals surface area contributed by atoms with E-state index in [1.54, 1.807) is 19.9 Å². The highest BCUT2D eigenvalue weighted by Gasteiger charge is 2.37. The van der Waals surface area contributed by atoms with Gasteiger partial charge in [0.25, 0.3) is 5.69 Å². The van der Waals surface area contributed by atoms with Gasteiger partial charge in [0.2, 0.25) is 5.91 Å². The summed E-state index contributed by atoms with van der Waals surface area (Å²) in [5.41, 5.74) is 1.12. The summed E-state index contributed by atoms with van der Waals surface area (Å²) in [5, 5.41) is 25.2.